The molecule has 1 aromatic heterocycles. The Kier molecular flexibility index (Phi) is 7.65. The zero-order valence-electron chi connectivity index (χ0n) is 20.6. The molecular weight excluding hydrogens is 507 g/mol. The first-order chi connectivity index (χ1) is 18.5. The van der Waals surface area contributed by atoms with Crippen LogP contribution in [0.5, 0.6) is 17.2 Å². The molecule has 3 aromatic carbocycles. The maximum atomic E-state index is 13.1. The van der Waals surface area contributed by atoms with Gasteiger partial charge in [0.2, 0.25) is 0 Å². The molecule has 9 heteroatoms. The Morgan fingerprint density at radius 2 is 1.47 bits per heavy atom. The average molecular weight is 533 g/mol. The number of halogens is 1. The quantitative estimate of drug-likeness (QED) is 0.234. The smallest absolute Gasteiger partial charge is 0.293 e. The molecule has 0 N–H and O–H groups in total. The van der Waals surface area contributed by atoms with E-state index in [1.807, 2.05) is 54.7 Å². The Balaban J connectivity index is 1.26. The third-order valence-corrected chi connectivity index (χ3v) is 6.94. The van der Waals surface area contributed by atoms with E-state index in [0.29, 0.717) is 23.8 Å². The number of ether oxygens (including phenoxy) is 3. The Labute approximate surface area is 223 Å². The summed E-state index contributed by atoms with van der Waals surface area (Å²) < 4.78 is 31.8. The van der Waals surface area contributed by atoms with Crippen LogP contribution in [0.1, 0.15) is 5.56 Å². The maximum absolute atomic E-state index is 13.1. The second-order valence-electron chi connectivity index (χ2n) is 8.45. The minimum Gasteiger partial charge on any atom is -0.497 e. The van der Waals surface area contributed by atoms with Gasteiger partial charge in [-0.05, 0) is 72.4 Å². The van der Waals surface area contributed by atoms with E-state index in [9.17, 15) is 14.0 Å². The zero-order chi connectivity index (χ0) is 26.5. The molecule has 1 aliphatic rings. The fourth-order valence-corrected chi connectivity index (χ4v) is 4.98. The lowest BCUT2D eigenvalue weighted by Gasteiger charge is -2.13. The van der Waals surface area contributed by atoms with E-state index >= 15 is 0 Å². The summed E-state index contributed by atoms with van der Waals surface area (Å²) in [5, 5.41) is 0.629. The standard InChI is InChI=1S/C29H25FN2O5S/c1-35-22-10-12-24(13-11-22)36-16-14-31-19-20(25-4-2-3-5-26(25)31)18-27-28(33)32(29(34)38-27)15-17-37-23-8-6-21(30)7-9-23/h2-13,18-19H,14-17H2,1H3/b27-18-. The fourth-order valence-electron chi connectivity index (χ4n) is 4.13. The van der Waals surface area contributed by atoms with Crippen LogP contribution < -0.4 is 14.2 Å². The summed E-state index contributed by atoms with van der Waals surface area (Å²) >= 11 is 0.910. The van der Waals surface area contributed by atoms with E-state index in [4.69, 9.17) is 14.2 Å². The van der Waals surface area contributed by atoms with Crippen molar-refractivity contribution in [3.05, 3.63) is 95.3 Å². The van der Waals surface area contributed by atoms with Crippen molar-refractivity contribution in [1.82, 2.24) is 9.47 Å². The number of thioether (sulfide) groups is 1. The van der Waals surface area contributed by atoms with Crippen LogP contribution in [-0.4, -0.2) is 47.5 Å². The van der Waals surface area contributed by atoms with Crippen LogP contribution in [0.4, 0.5) is 9.18 Å². The number of imide groups is 1. The molecule has 0 spiro atoms. The van der Waals surface area contributed by atoms with Crippen molar-refractivity contribution in [2.75, 3.05) is 26.9 Å². The number of carbonyl (C=O) groups is 2. The molecule has 1 fully saturated rings. The summed E-state index contributed by atoms with van der Waals surface area (Å²) in [7, 11) is 1.62. The van der Waals surface area contributed by atoms with Gasteiger partial charge in [-0.15, -0.1) is 0 Å². The normalized spacial score (nSPS) is 14.5. The van der Waals surface area contributed by atoms with Crippen molar-refractivity contribution in [2.45, 2.75) is 6.54 Å². The Bertz CT molecular complexity index is 1480. The predicted octanol–water partition coefficient (Wildman–Crippen LogP) is 5.98. The summed E-state index contributed by atoms with van der Waals surface area (Å²) in [6, 6.07) is 20.9. The van der Waals surface area contributed by atoms with Gasteiger partial charge in [-0.3, -0.25) is 14.5 Å². The molecule has 1 saturated heterocycles. The predicted molar refractivity (Wildman–Crippen MR) is 145 cm³/mol. The highest BCUT2D eigenvalue weighted by Crippen LogP contribution is 2.34. The molecule has 7 nitrogen and oxygen atoms in total. The van der Waals surface area contributed by atoms with Gasteiger partial charge in [-0.1, -0.05) is 18.2 Å². The van der Waals surface area contributed by atoms with Gasteiger partial charge >= 0.3 is 0 Å². The fraction of sp³-hybridized carbons (Fsp3) is 0.172. The number of benzene rings is 3. The SMILES string of the molecule is COc1ccc(OCCn2cc(/C=C3\SC(=O)N(CCOc4ccc(F)cc4)C3=O)c3ccccc32)cc1. The number of nitrogens with zero attached hydrogens (tertiary/aromatic N) is 2. The average Bonchev–Trinajstić information content (AvgIpc) is 3.42. The number of para-hydroxylation sites is 1. The number of amides is 2. The highest BCUT2D eigenvalue weighted by atomic mass is 32.2. The molecule has 4 aromatic rings. The molecule has 38 heavy (non-hydrogen) atoms. The van der Waals surface area contributed by atoms with Gasteiger partial charge < -0.3 is 18.8 Å². The number of fused-ring (bicyclic) bond motifs is 1. The highest BCUT2D eigenvalue weighted by Gasteiger charge is 2.35. The van der Waals surface area contributed by atoms with Crippen molar-refractivity contribution >= 4 is 39.9 Å². The van der Waals surface area contributed by atoms with E-state index in [1.54, 1.807) is 13.2 Å². The van der Waals surface area contributed by atoms with Crippen LogP contribution >= 0.6 is 11.8 Å². The third-order valence-electron chi connectivity index (χ3n) is 6.04. The highest BCUT2D eigenvalue weighted by molar-refractivity contribution is 8.18. The number of rotatable bonds is 10. The monoisotopic (exact) mass is 532 g/mol. The van der Waals surface area contributed by atoms with Crippen molar-refractivity contribution in [3.63, 3.8) is 0 Å². The van der Waals surface area contributed by atoms with Gasteiger partial charge in [0.1, 0.15) is 36.3 Å². The first-order valence-corrected chi connectivity index (χ1v) is 12.8. The van der Waals surface area contributed by atoms with E-state index < -0.39 is 0 Å². The van der Waals surface area contributed by atoms with E-state index in [2.05, 4.69) is 4.57 Å². The van der Waals surface area contributed by atoms with Crippen LogP contribution in [0.25, 0.3) is 17.0 Å². The lowest BCUT2D eigenvalue weighted by molar-refractivity contribution is -0.123. The second-order valence-corrected chi connectivity index (χ2v) is 9.45. The van der Waals surface area contributed by atoms with E-state index in [1.165, 1.54) is 29.2 Å². The summed E-state index contributed by atoms with van der Waals surface area (Å²) in [4.78, 5) is 27.1. The molecular formula is C29H25FN2O5S. The van der Waals surface area contributed by atoms with Crippen LogP contribution in [-0.2, 0) is 11.3 Å². The number of hydrogen-bond donors (Lipinski definition) is 0. The molecule has 0 bridgehead atoms. The van der Waals surface area contributed by atoms with Crippen LogP contribution in [0.15, 0.2) is 83.9 Å². The van der Waals surface area contributed by atoms with Gasteiger partial charge in [-0.2, -0.15) is 0 Å². The first-order valence-electron chi connectivity index (χ1n) is 12.0. The second kappa shape index (κ2) is 11.4. The Morgan fingerprint density at radius 3 is 2.18 bits per heavy atom. The number of hydrogen-bond acceptors (Lipinski definition) is 6. The Hall–Kier alpha value is -4.24. The van der Waals surface area contributed by atoms with Crippen molar-refractivity contribution in [1.29, 1.82) is 0 Å². The van der Waals surface area contributed by atoms with Crippen molar-refractivity contribution in [2.24, 2.45) is 0 Å². The largest absolute Gasteiger partial charge is 0.497 e. The third kappa shape index (κ3) is 5.68. The van der Waals surface area contributed by atoms with Gasteiger partial charge in [0.15, 0.2) is 0 Å². The van der Waals surface area contributed by atoms with Gasteiger partial charge in [0.05, 0.1) is 25.1 Å². The molecule has 5 rings (SSSR count). The minimum absolute atomic E-state index is 0.101. The lowest BCUT2D eigenvalue weighted by atomic mass is 10.1. The van der Waals surface area contributed by atoms with Gasteiger partial charge in [0.25, 0.3) is 11.1 Å². The summed E-state index contributed by atoms with van der Waals surface area (Å²) in [5.41, 5.74) is 1.85. The van der Waals surface area contributed by atoms with Crippen LogP contribution in [0.2, 0.25) is 0 Å². The summed E-state index contributed by atoms with van der Waals surface area (Å²) in [6.45, 7) is 1.27. The summed E-state index contributed by atoms with van der Waals surface area (Å²) in [6.07, 6.45) is 3.72. The first kappa shape index (κ1) is 25.4. The molecule has 0 saturated carbocycles. The zero-order valence-corrected chi connectivity index (χ0v) is 21.4. The molecule has 2 amide bonds. The Morgan fingerprint density at radius 1 is 0.842 bits per heavy atom. The topological polar surface area (TPSA) is 70.0 Å². The van der Waals surface area contributed by atoms with Crippen LogP contribution in [0, 0.1) is 5.82 Å². The number of methoxy groups -OCH3 is 1. The van der Waals surface area contributed by atoms with Crippen molar-refractivity contribution < 1.29 is 28.2 Å². The molecule has 0 aliphatic carbocycles. The maximum Gasteiger partial charge on any atom is 0.293 e. The molecule has 0 unspecified atom stereocenters. The van der Waals surface area contributed by atoms with Crippen molar-refractivity contribution in [3.8, 4) is 17.2 Å². The van der Waals surface area contributed by atoms with E-state index in [0.717, 1.165) is 39.7 Å². The molecule has 0 atom stereocenters. The lowest BCUT2D eigenvalue weighted by Crippen LogP contribution is -2.32. The van der Waals surface area contributed by atoms with Crippen LogP contribution in [0.3, 0.4) is 0 Å². The van der Waals surface area contributed by atoms with Gasteiger partial charge in [-0.25, -0.2) is 4.39 Å². The molecule has 1 aliphatic heterocycles. The van der Waals surface area contributed by atoms with E-state index in [-0.39, 0.29) is 30.1 Å². The van der Waals surface area contributed by atoms with Gasteiger partial charge in [0, 0.05) is 22.7 Å². The number of carbonyl (C=O) groups excluding carboxylic acids is 2. The molecule has 2 heterocycles. The minimum atomic E-state index is -0.362. The summed E-state index contributed by atoms with van der Waals surface area (Å²) in [5.74, 6) is 1.27. The molecule has 194 valence electrons. The number of aromatic nitrogens is 1. The molecule has 0 radical (unpaired) electrons.